The van der Waals surface area contributed by atoms with Crippen molar-refractivity contribution in [3.05, 3.63) is 29.3 Å². The lowest BCUT2D eigenvalue weighted by molar-refractivity contribution is 0.0935. The lowest BCUT2D eigenvalue weighted by Crippen LogP contribution is -2.33. The molecule has 0 heterocycles. The first-order valence-electron chi connectivity index (χ1n) is 6.09. The Bertz CT molecular complexity index is 642. The van der Waals surface area contributed by atoms with Crippen LogP contribution in [0, 0.1) is 17.6 Å². The third-order valence-corrected chi connectivity index (χ3v) is 4.30. The van der Waals surface area contributed by atoms with Crippen LogP contribution in [0.4, 0.5) is 8.78 Å². The van der Waals surface area contributed by atoms with E-state index in [9.17, 15) is 22.0 Å². The Kier molecular flexibility index (Phi) is 4.05. The fraction of sp³-hybridized carbons (Fsp3) is 0.417. The first-order valence-corrected chi connectivity index (χ1v) is 7.63. The van der Waals surface area contributed by atoms with Gasteiger partial charge in [-0.25, -0.2) is 22.3 Å². The predicted octanol–water partition coefficient (Wildman–Crippen LogP) is 1.14. The molecule has 1 saturated carbocycles. The number of amides is 1. The van der Waals surface area contributed by atoms with E-state index in [2.05, 4.69) is 5.32 Å². The molecule has 0 aliphatic heterocycles. The number of primary sulfonamides is 1. The van der Waals surface area contributed by atoms with Crippen LogP contribution in [0.15, 0.2) is 17.0 Å². The van der Waals surface area contributed by atoms with Gasteiger partial charge in [-0.3, -0.25) is 4.79 Å². The Morgan fingerprint density at radius 2 is 1.90 bits per heavy atom. The number of nitrogens with one attached hydrogen (secondary N) is 1. The molecule has 20 heavy (non-hydrogen) atoms. The van der Waals surface area contributed by atoms with Gasteiger partial charge in [-0.15, -0.1) is 0 Å². The number of carbonyl (C=O) groups is 1. The highest BCUT2D eigenvalue weighted by molar-refractivity contribution is 7.89. The van der Waals surface area contributed by atoms with Gasteiger partial charge in [-0.2, -0.15) is 0 Å². The van der Waals surface area contributed by atoms with Crippen LogP contribution in [0.1, 0.15) is 29.6 Å². The summed E-state index contributed by atoms with van der Waals surface area (Å²) in [5.74, 6) is -3.10. The van der Waals surface area contributed by atoms with Crippen LogP contribution in [0.2, 0.25) is 0 Å². The van der Waals surface area contributed by atoms with Crippen LogP contribution in [0.5, 0.6) is 0 Å². The second kappa shape index (κ2) is 5.45. The van der Waals surface area contributed by atoms with Crippen molar-refractivity contribution in [2.24, 2.45) is 11.1 Å². The summed E-state index contributed by atoms with van der Waals surface area (Å²) in [5, 5.41) is 7.42. The molecule has 2 rings (SSSR count). The van der Waals surface area contributed by atoms with Gasteiger partial charge in [0.25, 0.3) is 5.91 Å². The molecule has 1 aromatic carbocycles. The van der Waals surface area contributed by atoms with E-state index in [0.717, 1.165) is 19.3 Å². The van der Waals surface area contributed by atoms with E-state index in [1.807, 2.05) is 0 Å². The number of hydrogen-bond acceptors (Lipinski definition) is 3. The van der Waals surface area contributed by atoms with Crippen molar-refractivity contribution in [1.82, 2.24) is 5.32 Å². The molecule has 3 N–H and O–H groups in total. The number of rotatable bonds is 4. The molecule has 0 unspecified atom stereocenters. The zero-order valence-electron chi connectivity index (χ0n) is 10.5. The molecule has 0 radical (unpaired) electrons. The fourth-order valence-electron chi connectivity index (χ4n) is 1.97. The van der Waals surface area contributed by atoms with Crippen molar-refractivity contribution in [3.8, 4) is 0 Å². The molecule has 5 nitrogen and oxygen atoms in total. The number of sulfonamides is 1. The first-order chi connectivity index (χ1) is 9.29. The van der Waals surface area contributed by atoms with Crippen molar-refractivity contribution in [2.75, 3.05) is 6.54 Å². The van der Waals surface area contributed by atoms with Crippen LogP contribution in [0.3, 0.4) is 0 Å². The third kappa shape index (κ3) is 3.13. The molecular formula is C12H14F2N2O3S. The summed E-state index contributed by atoms with van der Waals surface area (Å²) in [7, 11) is -4.32. The van der Waals surface area contributed by atoms with E-state index in [1.165, 1.54) is 0 Å². The smallest absolute Gasteiger partial charge is 0.252 e. The fourth-order valence-corrected chi connectivity index (χ4v) is 2.70. The monoisotopic (exact) mass is 304 g/mol. The molecule has 1 amide bonds. The van der Waals surface area contributed by atoms with Crippen molar-refractivity contribution in [2.45, 2.75) is 24.2 Å². The van der Waals surface area contributed by atoms with Crippen molar-refractivity contribution >= 4 is 15.9 Å². The van der Waals surface area contributed by atoms with Gasteiger partial charge in [0.15, 0.2) is 11.6 Å². The molecule has 110 valence electrons. The zero-order chi connectivity index (χ0) is 14.9. The van der Waals surface area contributed by atoms with E-state index in [-0.39, 0.29) is 0 Å². The van der Waals surface area contributed by atoms with Crippen LogP contribution in [-0.4, -0.2) is 20.9 Å². The summed E-state index contributed by atoms with van der Waals surface area (Å²) in [6, 6.07) is 0.966. The maximum atomic E-state index is 13.2. The van der Waals surface area contributed by atoms with Gasteiger partial charge in [-0.05, 0) is 30.9 Å². The maximum Gasteiger partial charge on any atom is 0.252 e. The Labute approximate surface area is 115 Å². The number of carbonyl (C=O) groups excluding carboxylic acids is 1. The standard InChI is InChI=1S/C12H14F2N2O3S/c13-9-4-8(11(5-10(9)14)20(15,18)19)12(17)16-6-7-2-1-3-7/h4-5,7H,1-3,6H2,(H,16,17)(H2,15,18,19). The minimum atomic E-state index is -4.32. The van der Waals surface area contributed by atoms with Gasteiger partial charge in [-0.1, -0.05) is 6.42 Å². The lowest BCUT2D eigenvalue weighted by Gasteiger charge is -2.25. The summed E-state index contributed by atoms with van der Waals surface area (Å²) in [6.45, 7) is 0.377. The molecule has 8 heteroatoms. The van der Waals surface area contributed by atoms with Crippen LogP contribution in [0.25, 0.3) is 0 Å². The predicted molar refractivity (Wildman–Crippen MR) is 67.4 cm³/mol. The highest BCUT2D eigenvalue weighted by atomic mass is 32.2. The van der Waals surface area contributed by atoms with Crippen molar-refractivity contribution < 1.29 is 22.0 Å². The van der Waals surface area contributed by atoms with Gasteiger partial charge in [0, 0.05) is 6.54 Å². The van der Waals surface area contributed by atoms with Crippen LogP contribution >= 0.6 is 0 Å². The molecule has 1 aliphatic rings. The SMILES string of the molecule is NS(=O)(=O)c1cc(F)c(F)cc1C(=O)NCC1CCC1. The normalized spacial score (nSPS) is 15.8. The highest BCUT2D eigenvalue weighted by Gasteiger charge is 2.24. The second-order valence-corrected chi connectivity index (χ2v) is 6.34. The summed E-state index contributed by atoms with van der Waals surface area (Å²) in [4.78, 5) is 11.2. The zero-order valence-corrected chi connectivity index (χ0v) is 11.3. The van der Waals surface area contributed by atoms with Gasteiger partial charge in [0.2, 0.25) is 10.0 Å². The summed E-state index contributed by atoms with van der Waals surface area (Å²) in [5.41, 5.74) is -0.481. The number of benzene rings is 1. The molecule has 0 spiro atoms. The Morgan fingerprint density at radius 1 is 1.30 bits per heavy atom. The van der Waals surface area contributed by atoms with Crippen LogP contribution < -0.4 is 10.5 Å². The van der Waals surface area contributed by atoms with Gasteiger partial charge in [0.05, 0.1) is 10.5 Å². The molecule has 1 aromatic rings. The third-order valence-electron chi connectivity index (χ3n) is 3.35. The molecular weight excluding hydrogens is 290 g/mol. The number of hydrogen-bond donors (Lipinski definition) is 2. The largest absolute Gasteiger partial charge is 0.352 e. The number of halogens is 2. The number of nitrogens with two attached hydrogens (primary N) is 1. The minimum Gasteiger partial charge on any atom is -0.352 e. The second-order valence-electron chi connectivity index (χ2n) is 4.81. The average Bonchev–Trinajstić information content (AvgIpc) is 2.28. The quantitative estimate of drug-likeness (QED) is 0.874. The van der Waals surface area contributed by atoms with E-state index < -0.39 is 38.0 Å². The van der Waals surface area contributed by atoms with Gasteiger partial charge >= 0.3 is 0 Å². The molecule has 0 atom stereocenters. The van der Waals surface area contributed by atoms with E-state index >= 15 is 0 Å². The molecule has 0 bridgehead atoms. The molecule has 0 saturated heterocycles. The van der Waals surface area contributed by atoms with E-state index in [1.54, 1.807) is 0 Å². The first kappa shape index (κ1) is 14.9. The lowest BCUT2D eigenvalue weighted by atomic mass is 9.85. The molecule has 0 aromatic heterocycles. The average molecular weight is 304 g/mol. The molecule has 1 fully saturated rings. The summed E-state index contributed by atoms with van der Waals surface area (Å²) in [6.07, 6.45) is 3.06. The Morgan fingerprint density at radius 3 is 2.40 bits per heavy atom. The Balaban J connectivity index is 2.28. The van der Waals surface area contributed by atoms with Crippen LogP contribution in [-0.2, 0) is 10.0 Å². The van der Waals surface area contributed by atoms with Gasteiger partial charge in [0.1, 0.15) is 0 Å². The van der Waals surface area contributed by atoms with Gasteiger partial charge < -0.3 is 5.32 Å². The summed E-state index contributed by atoms with van der Waals surface area (Å²) < 4.78 is 49.0. The van der Waals surface area contributed by atoms with E-state index in [0.29, 0.717) is 24.6 Å². The topological polar surface area (TPSA) is 89.3 Å². The Hall–Kier alpha value is -1.54. The molecule has 1 aliphatic carbocycles. The van der Waals surface area contributed by atoms with E-state index in [4.69, 9.17) is 5.14 Å². The van der Waals surface area contributed by atoms with Crippen molar-refractivity contribution in [3.63, 3.8) is 0 Å². The summed E-state index contributed by atoms with van der Waals surface area (Å²) >= 11 is 0. The minimum absolute atomic E-state index is 0.349. The highest BCUT2D eigenvalue weighted by Crippen LogP contribution is 2.25. The van der Waals surface area contributed by atoms with Crippen molar-refractivity contribution in [1.29, 1.82) is 0 Å². The maximum absolute atomic E-state index is 13.2.